The van der Waals surface area contributed by atoms with Crippen LogP contribution in [-0.4, -0.2) is 21.4 Å². The third-order valence-corrected chi connectivity index (χ3v) is 9.93. The highest BCUT2D eigenvalue weighted by Gasteiger charge is 2.45. The van der Waals surface area contributed by atoms with Crippen molar-refractivity contribution >= 4 is 25.1 Å². The fraction of sp³-hybridized carbons (Fsp3) is 0.476. The summed E-state index contributed by atoms with van der Waals surface area (Å²) in [4.78, 5) is 12.2. The van der Waals surface area contributed by atoms with Gasteiger partial charge in [0.1, 0.15) is 0 Å². The van der Waals surface area contributed by atoms with Crippen molar-refractivity contribution in [3.63, 3.8) is 0 Å². The highest BCUT2D eigenvalue weighted by molar-refractivity contribution is 6.74. The number of hydrogen-bond acceptors (Lipinski definition) is 3. The smallest absolute Gasteiger partial charge is 0.308 e. The molecule has 2 aromatic rings. The lowest BCUT2D eigenvalue weighted by molar-refractivity contribution is -0.145. The van der Waals surface area contributed by atoms with Crippen LogP contribution in [0, 0.1) is 0 Å². The number of hydrogen-bond donors (Lipinski definition) is 0. The predicted octanol–water partition coefficient (Wildman–Crippen LogP) is 5.64. The molecule has 0 unspecified atom stereocenters. The summed E-state index contributed by atoms with van der Waals surface area (Å²) in [6.07, 6.45) is 0.198. The maximum atomic E-state index is 12.2. The molecule has 0 spiro atoms. The number of esters is 1. The lowest BCUT2D eigenvalue weighted by Crippen LogP contribution is -2.48. The van der Waals surface area contributed by atoms with Crippen molar-refractivity contribution in [2.75, 3.05) is 7.11 Å². The molecule has 0 fully saturated rings. The monoisotopic (exact) mass is 358 g/mol. The van der Waals surface area contributed by atoms with E-state index in [9.17, 15) is 4.79 Å². The second kappa shape index (κ2) is 6.93. The van der Waals surface area contributed by atoms with Gasteiger partial charge in [-0.2, -0.15) is 0 Å². The zero-order valence-electron chi connectivity index (χ0n) is 16.5. The lowest BCUT2D eigenvalue weighted by atomic mass is 9.88. The summed E-state index contributed by atoms with van der Waals surface area (Å²) < 4.78 is 11.8. The minimum Gasteiger partial charge on any atom is -0.469 e. The van der Waals surface area contributed by atoms with Crippen molar-refractivity contribution < 1.29 is 14.0 Å². The van der Waals surface area contributed by atoms with Crippen molar-refractivity contribution in [3.8, 4) is 0 Å². The Bertz CT molecular complexity index is 756. The molecule has 2 aromatic carbocycles. The Balaban J connectivity index is 2.61. The van der Waals surface area contributed by atoms with Crippen LogP contribution < -0.4 is 0 Å². The summed E-state index contributed by atoms with van der Waals surface area (Å²) in [6, 6.07) is 14.4. The van der Waals surface area contributed by atoms with Crippen molar-refractivity contribution in [1.29, 1.82) is 0 Å². The molecule has 0 N–H and O–H groups in total. The van der Waals surface area contributed by atoms with Gasteiger partial charge in [0.15, 0.2) is 8.32 Å². The standard InChI is InChI=1S/C21H30O3Si/c1-20(2,3)25(6,7)24-21(4,15-19(22)23-5)18-14-10-12-16-11-8-9-13-17(16)18/h8-14H,15H2,1-7H3/t21-/m0/s1. The topological polar surface area (TPSA) is 35.5 Å². The van der Waals surface area contributed by atoms with Crippen LogP contribution in [-0.2, 0) is 19.6 Å². The fourth-order valence-corrected chi connectivity index (χ4v) is 4.55. The predicted molar refractivity (Wildman–Crippen MR) is 106 cm³/mol. The van der Waals surface area contributed by atoms with Gasteiger partial charge in [-0.1, -0.05) is 63.2 Å². The van der Waals surface area contributed by atoms with Gasteiger partial charge in [-0.05, 0) is 41.4 Å². The van der Waals surface area contributed by atoms with E-state index >= 15 is 0 Å². The highest BCUT2D eigenvalue weighted by Crippen LogP contribution is 2.44. The highest BCUT2D eigenvalue weighted by atomic mass is 28.4. The summed E-state index contributed by atoms with van der Waals surface area (Å²) in [5, 5.41) is 2.32. The van der Waals surface area contributed by atoms with Gasteiger partial charge in [0.25, 0.3) is 0 Å². The molecule has 0 bridgehead atoms. The summed E-state index contributed by atoms with van der Waals surface area (Å²) >= 11 is 0. The number of fused-ring (bicyclic) bond motifs is 1. The molecular weight excluding hydrogens is 328 g/mol. The zero-order chi connectivity index (χ0) is 18.9. The van der Waals surface area contributed by atoms with Crippen molar-refractivity contribution in [2.45, 2.75) is 57.8 Å². The van der Waals surface area contributed by atoms with E-state index in [0.717, 1.165) is 16.3 Å². The number of ether oxygens (including phenoxy) is 1. The van der Waals surface area contributed by atoms with Crippen molar-refractivity contribution in [3.05, 3.63) is 48.0 Å². The Morgan fingerprint density at radius 2 is 1.60 bits per heavy atom. The van der Waals surface area contributed by atoms with Crippen LogP contribution in [0.1, 0.15) is 39.7 Å². The second-order valence-corrected chi connectivity index (χ2v) is 13.1. The molecule has 2 rings (SSSR count). The van der Waals surface area contributed by atoms with Gasteiger partial charge in [-0.3, -0.25) is 4.79 Å². The zero-order valence-corrected chi connectivity index (χ0v) is 17.5. The molecule has 0 aliphatic rings. The van der Waals surface area contributed by atoms with Crippen LogP contribution in [0.4, 0.5) is 0 Å². The minimum atomic E-state index is -2.10. The maximum Gasteiger partial charge on any atom is 0.308 e. The molecule has 4 heteroatoms. The first-order chi connectivity index (χ1) is 11.5. The maximum absolute atomic E-state index is 12.2. The number of rotatable bonds is 5. The third kappa shape index (κ3) is 4.13. The Kier molecular flexibility index (Phi) is 5.45. The molecule has 0 saturated heterocycles. The third-order valence-electron chi connectivity index (χ3n) is 5.36. The molecule has 0 saturated carbocycles. The van der Waals surface area contributed by atoms with E-state index in [-0.39, 0.29) is 17.4 Å². The molecule has 0 amide bonds. The largest absolute Gasteiger partial charge is 0.469 e. The second-order valence-electron chi connectivity index (χ2n) is 8.37. The van der Waals surface area contributed by atoms with E-state index in [1.807, 2.05) is 25.1 Å². The molecule has 25 heavy (non-hydrogen) atoms. The van der Waals surface area contributed by atoms with Crippen LogP contribution >= 0.6 is 0 Å². The Hall–Kier alpha value is -1.65. The van der Waals surface area contributed by atoms with Crippen molar-refractivity contribution in [2.24, 2.45) is 0 Å². The van der Waals surface area contributed by atoms with E-state index in [4.69, 9.17) is 9.16 Å². The Morgan fingerprint density at radius 1 is 1.00 bits per heavy atom. The molecule has 0 aliphatic carbocycles. The summed E-state index contributed by atoms with van der Waals surface area (Å²) in [5.74, 6) is -0.255. The van der Waals surface area contributed by atoms with E-state index in [1.165, 1.54) is 7.11 Å². The van der Waals surface area contributed by atoms with Crippen LogP contribution in [0.15, 0.2) is 42.5 Å². The minimum absolute atomic E-state index is 0.0506. The van der Waals surface area contributed by atoms with Gasteiger partial charge in [0, 0.05) is 0 Å². The van der Waals surface area contributed by atoms with Gasteiger partial charge in [-0.15, -0.1) is 0 Å². The summed E-state index contributed by atoms with van der Waals surface area (Å²) in [7, 11) is -0.669. The first kappa shape index (κ1) is 19.7. The van der Waals surface area contributed by atoms with Crippen molar-refractivity contribution in [1.82, 2.24) is 0 Å². The van der Waals surface area contributed by atoms with Crippen LogP contribution in [0.5, 0.6) is 0 Å². The van der Waals surface area contributed by atoms with E-state index in [2.05, 4.69) is 58.1 Å². The van der Waals surface area contributed by atoms with E-state index < -0.39 is 13.9 Å². The molecule has 3 nitrogen and oxygen atoms in total. The molecule has 0 heterocycles. The SMILES string of the molecule is COC(=O)C[C@](C)(O[Si](C)(C)C(C)(C)C)c1cccc2ccccc12. The van der Waals surface area contributed by atoms with Crippen LogP contribution in [0.3, 0.4) is 0 Å². The van der Waals surface area contributed by atoms with Gasteiger partial charge in [0.05, 0.1) is 19.1 Å². The summed E-state index contributed by atoms with van der Waals surface area (Å²) in [5.41, 5.74) is 0.317. The average molecular weight is 359 g/mol. The molecule has 0 aromatic heterocycles. The Labute approximate surface area is 152 Å². The quantitative estimate of drug-likeness (QED) is 0.512. The number of carbonyl (C=O) groups excluding carboxylic acids is 1. The van der Waals surface area contributed by atoms with Gasteiger partial charge in [-0.25, -0.2) is 0 Å². The van der Waals surface area contributed by atoms with Gasteiger partial charge < -0.3 is 9.16 Å². The molecule has 136 valence electrons. The molecular formula is C21H30O3Si. The molecule has 0 radical (unpaired) electrons. The normalized spacial score (nSPS) is 15.0. The van der Waals surface area contributed by atoms with E-state index in [1.54, 1.807) is 0 Å². The lowest BCUT2D eigenvalue weighted by Gasteiger charge is -2.44. The van der Waals surface area contributed by atoms with Gasteiger partial charge >= 0.3 is 5.97 Å². The first-order valence-electron chi connectivity index (χ1n) is 8.75. The number of carbonyl (C=O) groups is 1. The molecule has 0 aliphatic heterocycles. The molecule has 1 atom stereocenters. The Morgan fingerprint density at radius 3 is 2.20 bits per heavy atom. The number of methoxy groups -OCH3 is 1. The van der Waals surface area contributed by atoms with Gasteiger partial charge in [0.2, 0.25) is 0 Å². The summed E-state index contributed by atoms with van der Waals surface area (Å²) in [6.45, 7) is 13.1. The van der Waals surface area contributed by atoms with Crippen LogP contribution in [0.2, 0.25) is 18.1 Å². The average Bonchev–Trinajstić information content (AvgIpc) is 2.52. The number of benzene rings is 2. The van der Waals surface area contributed by atoms with Crippen LogP contribution in [0.25, 0.3) is 10.8 Å². The first-order valence-corrected chi connectivity index (χ1v) is 11.7. The fourth-order valence-electron chi connectivity index (χ4n) is 2.94. The van der Waals surface area contributed by atoms with E-state index in [0.29, 0.717) is 0 Å².